The van der Waals surface area contributed by atoms with Crippen LogP contribution < -0.4 is 15.4 Å². The topological polar surface area (TPSA) is 120 Å². The lowest BCUT2D eigenvalue weighted by molar-refractivity contribution is 0.249. The van der Waals surface area contributed by atoms with Gasteiger partial charge in [0.05, 0.1) is 16.8 Å². The normalized spacial score (nSPS) is 15.4. The number of pyridine rings is 1. The number of carbonyl (C=O) groups is 1. The first kappa shape index (κ1) is 26.4. The number of nitrogens with zero attached hydrogens (tertiary/aromatic N) is 4. The van der Waals surface area contributed by atoms with Crippen molar-refractivity contribution in [2.24, 2.45) is 11.7 Å². The van der Waals surface area contributed by atoms with Crippen LogP contribution in [0.2, 0.25) is 0 Å². The third-order valence-electron chi connectivity index (χ3n) is 6.72. The molecule has 11 heteroatoms. The zero-order chi connectivity index (χ0) is 27.6. The lowest BCUT2D eigenvalue weighted by Crippen LogP contribution is -2.24. The number of amides is 1. The Hall–Kier alpha value is -4.25. The number of anilines is 1. The van der Waals surface area contributed by atoms with E-state index in [0.29, 0.717) is 23.7 Å². The van der Waals surface area contributed by atoms with Gasteiger partial charge in [0.25, 0.3) is 0 Å². The Kier molecular flexibility index (Phi) is 7.34. The molecule has 0 radical (unpaired) electrons. The fourth-order valence-electron chi connectivity index (χ4n) is 4.63. The van der Waals surface area contributed by atoms with E-state index >= 15 is 0 Å². The average Bonchev–Trinajstić information content (AvgIpc) is 3.56. The van der Waals surface area contributed by atoms with E-state index in [0.717, 1.165) is 36.5 Å². The standard InChI is InChI=1S/C28H28FN5O4S/c1-39(36,37)24-9-2-19(3-10-24)18-38-23-7-4-21(5-8-23)25-17-34(28(30)35)27(32-25)14-20-12-13-33(16-20)26-11-6-22(29)15-31-26/h2-11,15,17,20H,12-14,16,18H2,1H3,(H2,30,35). The smallest absolute Gasteiger partial charge is 0.324 e. The molecule has 2 aromatic heterocycles. The number of rotatable bonds is 8. The number of hydrogen-bond acceptors (Lipinski definition) is 7. The highest BCUT2D eigenvalue weighted by molar-refractivity contribution is 7.90. The van der Waals surface area contributed by atoms with E-state index in [1.165, 1.54) is 23.1 Å². The van der Waals surface area contributed by atoms with Crippen molar-refractivity contribution in [3.63, 3.8) is 0 Å². The minimum Gasteiger partial charge on any atom is -0.489 e. The lowest BCUT2D eigenvalue weighted by Gasteiger charge is -2.17. The number of carbonyl (C=O) groups excluding carboxylic acids is 1. The van der Waals surface area contributed by atoms with Crippen LogP contribution in [0, 0.1) is 11.7 Å². The van der Waals surface area contributed by atoms with Gasteiger partial charge in [-0.1, -0.05) is 12.1 Å². The number of aromatic nitrogens is 3. The molecule has 1 amide bonds. The third-order valence-corrected chi connectivity index (χ3v) is 7.84. The van der Waals surface area contributed by atoms with Crippen LogP contribution in [-0.4, -0.2) is 48.3 Å². The van der Waals surface area contributed by atoms with Crippen molar-refractivity contribution in [1.29, 1.82) is 0 Å². The van der Waals surface area contributed by atoms with E-state index in [9.17, 15) is 17.6 Å². The molecule has 1 aliphatic rings. The largest absolute Gasteiger partial charge is 0.489 e. The second-order valence-electron chi connectivity index (χ2n) is 9.62. The van der Waals surface area contributed by atoms with Gasteiger partial charge in [0.15, 0.2) is 9.84 Å². The van der Waals surface area contributed by atoms with Gasteiger partial charge in [-0.3, -0.25) is 4.57 Å². The number of benzene rings is 2. The Morgan fingerprint density at radius 1 is 1.10 bits per heavy atom. The molecule has 1 unspecified atom stereocenters. The maximum absolute atomic E-state index is 13.2. The van der Waals surface area contributed by atoms with E-state index in [1.54, 1.807) is 36.5 Å². The van der Waals surface area contributed by atoms with Crippen LogP contribution in [0.3, 0.4) is 0 Å². The van der Waals surface area contributed by atoms with E-state index < -0.39 is 15.9 Å². The van der Waals surface area contributed by atoms with E-state index in [4.69, 9.17) is 15.5 Å². The van der Waals surface area contributed by atoms with Crippen molar-refractivity contribution in [1.82, 2.24) is 14.5 Å². The van der Waals surface area contributed by atoms with Crippen LogP contribution in [0.4, 0.5) is 15.0 Å². The summed E-state index contributed by atoms with van der Waals surface area (Å²) in [5.74, 6) is 1.83. The maximum atomic E-state index is 13.2. The third kappa shape index (κ3) is 6.26. The summed E-state index contributed by atoms with van der Waals surface area (Å²) in [6.07, 6.45) is 5.49. The highest BCUT2D eigenvalue weighted by Crippen LogP contribution is 2.27. The summed E-state index contributed by atoms with van der Waals surface area (Å²) in [6.45, 7) is 1.80. The molecular formula is C28H28FN5O4S. The molecular weight excluding hydrogens is 521 g/mol. The molecule has 0 spiro atoms. The van der Waals surface area contributed by atoms with Crippen LogP contribution in [-0.2, 0) is 22.9 Å². The van der Waals surface area contributed by atoms with E-state index in [2.05, 4.69) is 9.88 Å². The van der Waals surface area contributed by atoms with Crippen LogP contribution in [0.5, 0.6) is 5.75 Å². The number of hydrogen-bond donors (Lipinski definition) is 1. The van der Waals surface area contributed by atoms with Crippen LogP contribution in [0.15, 0.2) is 78.0 Å². The Balaban J connectivity index is 1.23. The van der Waals surface area contributed by atoms with Gasteiger partial charge in [0, 0.05) is 37.5 Å². The molecule has 0 bridgehead atoms. The summed E-state index contributed by atoms with van der Waals surface area (Å²) >= 11 is 0. The van der Waals surface area contributed by atoms with Gasteiger partial charge in [-0.05, 0) is 66.4 Å². The molecule has 39 heavy (non-hydrogen) atoms. The van der Waals surface area contributed by atoms with Gasteiger partial charge >= 0.3 is 6.03 Å². The zero-order valence-corrected chi connectivity index (χ0v) is 22.1. The van der Waals surface area contributed by atoms with Crippen LogP contribution in [0.1, 0.15) is 17.8 Å². The van der Waals surface area contributed by atoms with Crippen molar-refractivity contribution < 1.29 is 22.3 Å². The molecule has 1 saturated heterocycles. The Bertz CT molecular complexity index is 1570. The minimum absolute atomic E-state index is 0.243. The first-order valence-electron chi connectivity index (χ1n) is 12.4. The maximum Gasteiger partial charge on any atom is 0.324 e. The quantitative estimate of drug-likeness (QED) is 0.352. The highest BCUT2D eigenvalue weighted by Gasteiger charge is 2.26. The Morgan fingerprint density at radius 2 is 1.85 bits per heavy atom. The first-order chi connectivity index (χ1) is 18.7. The Labute approximate surface area is 226 Å². The molecule has 0 saturated carbocycles. The number of primary amides is 1. The molecule has 0 aliphatic carbocycles. The molecule has 1 fully saturated rings. The monoisotopic (exact) mass is 549 g/mol. The van der Waals surface area contributed by atoms with E-state index in [-0.39, 0.29) is 23.2 Å². The number of ether oxygens (including phenoxy) is 1. The summed E-state index contributed by atoms with van der Waals surface area (Å²) in [7, 11) is -3.24. The summed E-state index contributed by atoms with van der Waals surface area (Å²) < 4.78 is 43.7. The summed E-state index contributed by atoms with van der Waals surface area (Å²) in [4.78, 5) is 23.4. The molecule has 2 aromatic carbocycles. The predicted molar refractivity (Wildman–Crippen MR) is 145 cm³/mol. The Morgan fingerprint density at radius 3 is 2.49 bits per heavy atom. The van der Waals surface area contributed by atoms with Crippen molar-refractivity contribution in [2.75, 3.05) is 24.2 Å². The fraction of sp³-hybridized carbons (Fsp3) is 0.250. The lowest BCUT2D eigenvalue weighted by atomic mass is 10.0. The number of imidazole rings is 1. The molecule has 4 aromatic rings. The molecule has 5 rings (SSSR count). The molecule has 2 N–H and O–H groups in total. The molecule has 9 nitrogen and oxygen atoms in total. The van der Waals surface area contributed by atoms with Crippen molar-refractivity contribution >= 4 is 21.7 Å². The first-order valence-corrected chi connectivity index (χ1v) is 14.3. The fourth-order valence-corrected chi connectivity index (χ4v) is 5.27. The summed E-state index contributed by atoms with van der Waals surface area (Å²) in [5, 5.41) is 0. The molecule has 1 atom stereocenters. The molecule has 202 valence electrons. The second kappa shape index (κ2) is 10.9. The predicted octanol–water partition coefficient (Wildman–Crippen LogP) is 4.06. The van der Waals surface area contributed by atoms with Gasteiger partial charge in [-0.25, -0.2) is 27.6 Å². The second-order valence-corrected chi connectivity index (χ2v) is 11.6. The highest BCUT2D eigenvalue weighted by atomic mass is 32.2. The number of nitrogens with two attached hydrogens (primary N) is 1. The van der Waals surface area contributed by atoms with Gasteiger partial charge in [-0.15, -0.1) is 0 Å². The van der Waals surface area contributed by atoms with Gasteiger partial charge < -0.3 is 15.4 Å². The molecule has 3 heterocycles. The SMILES string of the molecule is CS(=O)(=O)c1ccc(COc2ccc(-c3cn(C(N)=O)c(CC4CCN(c5ccc(F)cn5)C4)n3)cc2)cc1. The minimum atomic E-state index is -3.24. The van der Waals surface area contributed by atoms with Crippen molar-refractivity contribution in [3.8, 4) is 17.0 Å². The average molecular weight is 550 g/mol. The summed E-state index contributed by atoms with van der Waals surface area (Å²) in [5.41, 5.74) is 7.92. The van der Waals surface area contributed by atoms with Crippen molar-refractivity contribution in [2.45, 2.75) is 24.3 Å². The van der Waals surface area contributed by atoms with Crippen LogP contribution in [0.25, 0.3) is 11.3 Å². The summed E-state index contributed by atoms with van der Waals surface area (Å²) in [6, 6.07) is 16.4. The van der Waals surface area contributed by atoms with Gasteiger partial charge in [0.1, 0.15) is 29.8 Å². The van der Waals surface area contributed by atoms with E-state index in [1.807, 2.05) is 24.3 Å². The number of halogens is 1. The number of sulfone groups is 1. The van der Waals surface area contributed by atoms with Gasteiger partial charge in [-0.2, -0.15) is 0 Å². The van der Waals surface area contributed by atoms with Crippen LogP contribution >= 0.6 is 0 Å². The van der Waals surface area contributed by atoms with Crippen molar-refractivity contribution in [3.05, 3.63) is 90.3 Å². The molecule has 1 aliphatic heterocycles. The zero-order valence-electron chi connectivity index (χ0n) is 21.3. The van der Waals surface area contributed by atoms with Gasteiger partial charge in [0.2, 0.25) is 0 Å².